The van der Waals surface area contributed by atoms with Crippen LogP contribution in [0.4, 0.5) is 4.39 Å². The molecule has 0 aliphatic carbocycles. The summed E-state index contributed by atoms with van der Waals surface area (Å²) in [4.78, 5) is 0.0514. The van der Waals surface area contributed by atoms with Gasteiger partial charge in [0.05, 0.1) is 4.90 Å². The van der Waals surface area contributed by atoms with Crippen LogP contribution in [0.2, 0.25) is 0 Å². The Morgan fingerprint density at radius 3 is 2.56 bits per heavy atom. The second kappa shape index (κ2) is 5.15. The van der Waals surface area contributed by atoms with Crippen LogP contribution in [0, 0.1) is 12.7 Å². The molecule has 0 N–H and O–H groups in total. The van der Waals surface area contributed by atoms with Crippen molar-refractivity contribution in [2.24, 2.45) is 0 Å². The van der Waals surface area contributed by atoms with Crippen LogP contribution < -0.4 is 0 Å². The van der Waals surface area contributed by atoms with E-state index in [0.717, 1.165) is 6.07 Å². The standard InChI is InChI=1S/C12H15ClFNO2S/c1-9-2-3-11(14)8-12(9)18(16,17)15-6-4-10(13)5-7-15/h2-3,8,10H,4-7H2,1H3. The van der Waals surface area contributed by atoms with Gasteiger partial charge in [0.2, 0.25) is 10.0 Å². The van der Waals surface area contributed by atoms with Crippen molar-refractivity contribution < 1.29 is 12.8 Å². The van der Waals surface area contributed by atoms with Crippen molar-refractivity contribution in [1.82, 2.24) is 4.31 Å². The van der Waals surface area contributed by atoms with Crippen LogP contribution in [-0.4, -0.2) is 31.2 Å². The topological polar surface area (TPSA) is 37.4 Å². The van der Waals surface area contributed by atoms with Crippen LogP contribution in [0.3, 0.4) is 0 Å². The SMILES string of the molecule is Cc1ccc(F)cc1S(=O)(=O)N1CCC(Cl)CC1. The quantitative estimate of drug-likeness (QED) is 0.785. The molecule has 6 heteroatoms. The van der Waals surface area contributed by atoms with Gasteiger partial charge >= 0.3 is 0 Å². The summed E-state index contributed by atoms with van der Waals surface area (Å²) in [5.74, 6) is -0.536. The highest BCUT2D eigenvalue weighted by Crippen LogP contribution is 2.25. The summed E-state index contributed by atoms with van der Waals surface area (Å²) in [5.41, 5.74) is 0.560. The third kappa shape index (κ3) is 2.68. The number of halogens is 2. The fourth-order valence-corrected chi connectivity index (χ4v) is 3.96. The molecule has 0 bridgehead atoms. The fraction of sp³-hybridized carbons (Fsp3) is 0.500. The minimum absolute atomic E-state index is 0.0325. The summed E-state index contributed by atoms with van der Waals surface area (Å²) >= 11 is 5.95. The van der Waals surface area contributed by atoms with Gasteiger partial charge in [-0.15, -0.1) is 11.6 Å². The lowest BCUT2D eigenvalue weighted by molar-refractivity contribution is 0.350. The highest BCUT2D eigenvalue weighted by atomic mass is 35.5. The second-order valence-corrected chi connectivity index (χ2v) is 7.01. The van der Waals surface area contributed by atoms with E-state index in [9.17, 15) is 12.8 Å². The zero-order valence-electron chi connectivity index (χ0n) is 10.1. The molecule has 2 rings (SSSR count). The molecule has 0 saturated carbocycles. The Hall–Kier alpha value is -0.650. The number of alkyl halides is 1. The van der Waals surface area contributed by atoms with E-state index in [4.69, 9.17) is 11.6 Å². The van der Waals surface area contributed by atoms with Gasteiger partial charge in [0.25, 0.3) is 0 Å². The van der Waals surface area contributed by atoms with Crippen LogP contribution in [0.25, 0.3) is 0 Å². The molecule has 0 radical (unpaired) electrons. The summed E-state index contributed by atoms with van der Waals surface area (Å²) in [6.45, 7) is 2.46. The first-order valence-electron chi connectivity index (χ1n) is 5.81. The first-order chi connectivity index (χ1) is 8.41. The maximum absolute atomic E-state index is 13.2. The Morgan fingerprint density at radius 2 is 1.94 bits per heavy atom. The number of hydrogen-bond acceptors (Lipinski definition) is 2. The molecule has 0 unspecified atom stereocenters. The molecular formula is C12H15ClFNO2S. The van der Waals surface area contributed by atoms with Gasteiger partial charge < -0.3 is 0 Å². The Morgan fingerprint density at radius 1 is 1.33 bits per heavy atom. The molecule has 0 amide bonds. The molecule has 1 aliphatic rings. The van der Waals surface area contributed by atoms with E-state index < -0.39 is 15.8 Å². The minimum Gasteiger partial charge on any atom is -0.207 e. The summed E-state index contributed by atoms with van der Waals surface area (Å²) in [6, 6.07) is 3.83. The number of benzene rings is 1. The molecule has 1 aromatic carbocycles. The zero-order valence-corrected chi connectivity index (χ0v) is 11.6. The molecule has 0 atom stereocenters. The predicted molar refractivity (Wildman–Crippen MR) is 68.8 cm³/mol. The lowest BCUT2D eigenvalue weighted by atomic mass is 10.2. The smallest absolute Gasteiger partial charge is 0.207 e. The molecule has 1 heterocycles. The average molecular weight is 292 g/mol. The van der Waals surface area contributed by atoms with E-state index in [1.54, 1.807) is 6.92 Å². The molecule has 1 aliphatic heterocycles. The number of hydrogen-bond donors (Lipinski definition) is 0. The molecule has 1 aromatic rings. The number of sulfonamides is 1. The fourth-order valence-electron chi connectivity index (χ4n) is 2.06. The first-order valence-corrected chi connectivity index (χ1v) is 7.69. The van der Waals surface area contributed by atoms with E-state index in [1.165, 1.54) is 16.4 Å². The van der Waals surface area contributed by atoms with Crippen molar-refractivity contribution in [3.8, 4) is 0 Å². The predicted octanol–water partition coefficient (Wildman–Crippen LogP) is 2.53. The largest absolute Gasteiger partial charge is 0.243 e. The Labute approximate surface area is 112 Å². The average Bonchev–Trinajstić information content (AvgIpc) is 2.32. The number of piperidine rings is 1. The lowest BCUT2D eigenvalue weighted by Gasteiger charge is -2.28. The second-order valence-electron chi connectivity index (χ2n) is 4.49. The maximum Gasteiger partial charge on any atom is 0.243 e. The molecule has 0 spiro atoms. The summed E-state index contributed by atoms with van der Waals surface area (Å²) in [5, 5.41) is 0.0325. The van der Waals surface area contributed by atoms with Gasteiger partial charge in [-0.2, -0.15) is 4.31 Å². The first kappa shape index (κ1) is 13.8. The Bertz CT molecular complexity index is 539. The van der Waals surface area contributed by atoms with Gasteiger partial charge in [0.1, 0.15) is 5.82 Å². The highest BCUT2D eigenvalue weighted by molar-refractivity contribution is 7.89. The van der Waals surface area contributed by atoms with E-state index in [0.29, 0.717) is 31.5 Å². The molecule has 3 nitrogen and oxygen atoms in total. The van der Waals surface area contributed by atoms with Crippen LogP contribution in [0.15, 0.2) is 23.1 Å². The van der Waals surface area contributed by atoms with Gasteiger partial charge in [-0.3, -0.25) is 0 Å². The van der Waals surface area contributed by atoms with Crippen molar-refractivity contribution in [2.45, 2.75) is 30.0 Å². The van der Waals surface area contributed by atoms with Crippen molar-refractivity contribution >= 4 is 21.6 Å². The summed E-state index contributed by atoms with van der Waals surface area (Å²) in [6.07, 6.45) is 1.27. The number of rotatable bonds is 2. The number of nitrogens with zero attached hydrogens (tertiary/aromatic N) is 1. The summed E-state index contributed by atoms with van der Waals surface area (Å²) in [7, 11) is -3.60. The van der Waals surface area contributed by atoms with E-state index in [-0.39, 0.29) is 10.3 Å². The number of aryl methyl sites for hydroxylation is 1. The van der Waals surface area contributed by atoms with Gasteiger partial charge in [0.15, 0.2) is 0 Å². The third-order valence-corrected chi connectivity index (χ3v) is 5.63. The lowest BCUT2D eigenvalue weighted by Crippen LogP contribution is -2.39. The maximum atomic E-state index is 13.2. The van der Waals surface area contributed by atoms with Gasteiger partial charge in [0, 0.05) is 18.5 Å². The molecule has 1 saturated heterocycles. The van der Waals surface area contributed by atoms with Crippen LogP contribution in [-0.2, 0) is 10.0 Å². The normalized spacial score (nSPS) is 19.1. The van der Waals surface area contributed by atoms with Gasteiger partial charge in [-0.1, -0.05) is 6.07 Å². The third-order valence-electron chi connectivity index (χ3n) is 3.15. The van der Waals surface area contributed by atoms with Crippen molar-refractivity contribution in [1.29, 1.82) is 0 Å². The molecule has 18 heavy (non-hydrogen) atoms. The van der Waals surface area contributed by atoms with Crippen molar-refractivity contribution in [3.05, 3.63) is 29.6 Å². The Kier molecular flexibility index (Phi) is 3.94. The molecule has 0 aromatic heterocycles. The van der Waals surface area contributed by atoms with Crippen LogP contribution >= 0.6 is 11.6 Å². The monoisotopic (exact) mass is 291 g/mol. The molecule has 100 valence electrons. The molecule has 1 fully saturated rings. The zero-order chi connectivity index (χ0) is 13.3. The van der Waals surface area contributed by atoms with E-state index in [2.05, 4.69) is 0 Å². The van der Waals surface area contributed by atoms with Crippen molar-refractivity contribution in [2.75, 3.05) is 13.1 Å². The van der Waals surface area contributed by atoms with Crippen LogP contribution in [0.1, 0.15) is 18.4 Å². The molecular weight excluding hydrogens is 277 g/mol. The summed E-state index contributed by atoms with van der Waals surface area (Å²) < 4.78 is 39.4. The van der Waals surface area contributed by atoms with E-state index in [1.807, 2.05) is 0 Å². The van der Waals surface area contributed by atoms with Gasteiger partial charge in [-0.25, -0.2) is 12.8 Å². The Balaban J connectivity index is 2.33. The van der Waals surface area contributed by atoms with E-state index >= 15 is 0 Å². The highest BCUT2D eigenvalue weighted by Gasteiger charge is 2.29. The minimum atomic E-state index is -3.60. The van der Waals surface area contributed by atoms with Crippen LogP contribution in [0.5, 0.6) is 0 Å². The van der Waals surface area contributed by atoms with Gasteiger partial charge in [-0.05, 0) is 37.5 Å². The van der Waals surface area contributed by atoms with Crippen molar-refractivity contribution in [3.63, 3.8) is 0 Å².